The van der Waals surface area contributed by atoms with E-state index in [0.29, 0.717) is 10.3 Å². The first kappa shape index (κ1) is 16.8. The van der Waals surface area contributed by atoms with E-state index in [2.05, 4.69) is 58.5 Å². The van der Waals surface area contributed by atoms with E-state index in [1.165, 1.54) is 0 Å². The van der Waals surface area contributed by atoms with Crippen LogP contribution in [0.15, 0.2) is 85.2 Å². The van der Waals surface area contributed by atoms with Crippen LogP contribution in [0.1, 0.15) is 0 Å². The van der Waals surface area contributed by atoms with Gasteiger partial charge in [0.25, 0.3) is 0 Å². The molecule has 26 heavy (non-hydrogen) atoms. The molecule has 2 aromatic heterocycles. The molecule has 0 radical (unpaired) electrons. The Labute approximate surface area is 162 Å². The van der Waals surface area contributed by atoms with Crippen LogP contribution in [0.4, 0.5) is 0 Å². The molecule has 4 aromatic rings. The van der Waals surface area contributed by atoms with Crippen LogP contribution in [0, 0.1) is 0 Å². The number of rotatable bonds is 3. The summed E-state index contributed by atoms with van der Waals surface area (Å²) in [5.74, 6) is 0. The van der Waals surface area contributed by atoms with Gasteiger partial charge < -0.3 is 0 Å². The van der Waals surface area contributed by atoms with Crippen molar-refractivity contribution in [1.82, 2.24) is 9.97 Å². The van der Waals surface area contributed by atoms with Crippen LogP contribution in [0.2, 0.25) is 10.3 Å². The third-order valence-corrected chi connectivity index (χ3v) is 4.67. The van der Waals surface area contributed by atoms with Gasteiger partial charge in [-0.05, 0) is 46.5 Å². The molecule has 2 aromatic carbocycles. The molecular weight excluding hydrogens is 363 g/mol. The van der Waals surface area contributed by atoms with Gasteiger partial charge in [-0.2, -0.15) is 0 Å². The second kappa shape index (κ2) is 7.28. The predicted octanol–water partition coefficient (Wildman–Crippen LogP) is 6.78. The minimum absolute atomic E-state index is 0.501. The average Bonchev–Trinajstić information content (AvgIpc) is 2.70. The Morgan fingerprint density at radius 1 is 0.385 bits per heavy atom. The number of pyridine rings is 2. The van der Waals surface area contributed by atoms with Crippen LogP contribution >= 0.6 is 23.2 Å². The molecule has 0 atom stereocenters. The highest BCUT2D eigenvalue weighted by atomic mass is 35.5. The van der Waals surface area contributed by atoms with Gasteiger partial charge >= 0.3 is 0 Å². The van der Waals surface area contributed by atoms with E-state index in [1.54, 1.807) is 24.5 Å². The number of halogens is 2. The van der Waals surface area contributed by atoms with E-state index >= 15 is 0 Å². The molecule has 2 nitrogen and oxygen atoms in total. The first-order chi connectivity index (χ1) is 12.7. The van der Waals surface area contributed by atoms with Crippen molar-refractivity contribution in [1.29, 1.82) is 0 Å². The molecule has 0 saturated heterocycles. The lowest BCUT2D eigenvalue weighted by Crippen LogP contribution is -1.83. The zero-order chi connectivity index (χ0) is 17.9. The monoisotopic (exact) mass is 376 g/mol. The van der Waals surface area contributed by atoms with Crippen molar-refractivity contribution >= 4 is 23.2 Å². The molecular formula is C22H14Cl2N2. The largest absolute Gasteiger partial charge is 0.244 e. The van der Waals surface area contributed by atoms with Crippen molar-refractivity contribution in [3.63, 3.8) is 0 Å². The van der Waals surface area contributed by atoms with Gasteiger partial charge in [-0.1, -0.05) is 71.7 Å². The van der Waals surface area contributed by atoms with Gasteiger partial charge in [-0.3, -0.25) is 0 Å². The second-order valence-electron chi connectivity index (χ2n) is 5.89. The summed E-state index contributed by atoms with van der Waals surface area (Å²) >= 11 is 11.7. The van der Waals surface area contributed by atoms with E-state index in [4.69, 9.17) is 23.2 Å². The fourth-order valence-electron chi connectivity index (χ4n) is 2.80. The third kappa shape index (κ3) is 3.62. The quantitative estimate of drug-likeness (QED) is 0.368. The smallest absolute Gasteiger partial charge is 0.129 e. The van der Waals surface area contributed by atoms with Crippen LogP contribution in [-0.4, -0.2) is 9.97 Å². The SMILES string of the molecule is Clc1ccc(-c2ccc(-c3ccc(-c4ccc(Cl)nc4)cc3)cc2)cn1. The molecule has 0 aliphatic rings. The van der Waals surface area contributed by atoms with Crippen molar-refractivity contribution in [2.75, 3.05) is 0 Å². The summed E-state index contributed by atoms with van der Waals surface area (Å²) in [7, 11) is 0. The molecule has 0 aliphatic carbocycles. The molecule has 0 spiro atoms. The zero-order valence-corrected chi connectivity index (χ0v) is 15.2. The molecule has 0 N–H and O–H groups in total. The van der Waals surface area contributed by atoms with Gasteiger partial charge in [0.1, 0.15) is 10.3 Å². The molecule has 0 bridgehead atoms. The first-order valence-corrected chi connectivity index (χ1v) is 8.89. The summed E-state index contributed by atoms with van der Waals surface area (Å²) in [5.41, 5.74) is 6.65. The predicted molar refractivity (Wildman–Crippen MR) is 108 cm³/mol. The Morgan fingerprint density at radius 3 is 0.923 bits per heavy atom. The topological polar surface area (TPSA) is 25.8 Å². The molecule has 4 heteroatoms. The molecule has 0 unspecified atom stereocenters. The van der Waals surface area contributed by atoms with E-state index in [9.17, 15) is 0 Å². The second-order valence-corrected chi connectivity index (χ2v) is 6.67. The van der Waals surface area contributed by atoms with Crippen molar-refractivity contribution in [2.45, 2.75) is 0 Å². The van der Waals surface area contributed by atoms with E-state index in [-0.39, 0.29) is 0 Å². The van der Waals surface area contributed by atoms with Crippen molar-refractivity contribution < 1.29 is 0 Å². The minimum atomic E-state index is 0.501. The van der Waals surface area contributed by atoms with Crippen molar-refractivity contribution in [3.8, 4) is 33.4 Å². The molecule has 0 aliphatic heterocycles. The standard InChI is InChI=1S/C22H14Cl2N2/c23-21-11-9-19(13-25-21)17-5-1-15(2-6-17)16-3-7-18(8-4-16)20-10-12-22(24)26-14-20/h1-14H. The van der Waals surface area contributed by atoms with Gasteiger partial charge in [-0.15, -0.1) is 0 Å². The van der Waals surface area contributed by atoms with Gasteiger partial charge in [-0.25, -0.2) is 9.97 Å². The van der Waals surface area contributed by atoms with Gasteiger partial charge in [0.2, 0.25) is 0 Å². The molecule has 126 valence electrons. The van der Waals surface area contributed by atoms with Crippen LogP contribution in [0.5, 0.6) is 0 Å². The fraction of sp³-hybridized carbons (Fsp3) is 0. The summed E-state index contributed by atoms with van der Waals surface area (Å²) in [6.07, 6.45) is 3.57. The van der Waals surface area contributed by atoms with Crippen LogP contribution in [0.3, 0.4) is 0 Å². The lowest BCUT2D eigenvalue weighted by molar-refractivity contribution is 1.33. The van der Waals surface area contributed by atoms with Crippen LogP contribution < -0.4 is 0 Å². The third-order valence-electron chi connectivity index (χ3n) is 4.22. The number of hydrogen-bond donors (Lipinski definition) is 0. The fourth-order valence-corrected chi connectivity index (χ4v) is 3.03. The maximum Gasteiger partial charge on any atom is 0.129 e. The average molecular weight is 377 g/mol. The molecule has 0 amide bonds. The lowest BCUT2D eigenvalue weighted by Gasteiger charge is -2.07. The van der Waals surface area contributed by atoms with Gasteiger partial charge in [0.15, 0.2) is 0 Å². The number of aromatic nitrogens is 2. The summed E-state index contributed by atoms with van der Waals surface area (Å²) in [5, 5.41) is 1.00. The molecule has 4 rings (SSSR count). The lowest BCUT2D eigenvalue weighted by atomic mass is 9.99. The first-order valence-electron chi connectivity index (χ1n) is 8.13. The minimum Gasteiger partial charge on any atom is -0.244 e. The van der Waals surface area contributed by atoms with Crippen LogP contribution in [0.25, 0.3) is 33.4 Å². The van der Waals surface area contributed by atoms with Crippen molar-refractivity contribution in [2.24, 2.45) is 0 Å². The number of benzene rings is 2. The molecule has 0 saturated carbocycles. The Kier molecular flexibility index (Phi) is 4.70. The van der Waals surface area contributed by atoms with E-state index < -0.39 is 0 Å². The number of nitrogens with zero attached hydrogens (tertiary/aromatic N) is 2. The molecule has 0 fully saturated rings. The number of hydrogen-bond acceptors (Lipinski definition) is 2. The molecule has 2 heterocycles. The zero-order valence-electron chi connectivity index (χ0n) is 13.7. The van der Waals surface area contributed by atoms with Gasteiger partial charge in [0, 0.05) is 23.5 Å². The van der Waals surface area contributed by atoms with Crippen molar-refractivity contribution in [3.05, 3.63) is 95.5 Å². The highest BCUT2D eigenvalue weighted by Gasteiger charge is 2.03. The normalized spacial score (nSPS) is 10.7. The Balaban J connectivity index is 1.57. The summed E-state index contributed by atoms with van der Waals surface area (Å²) in [6, 6.07) is 24.4. The Bertz CT molecular complexity index is 921. The van der Waals surface area contributed by atoms with E-state index in [1.807, 2.05) is 12.1 Å². The maximum atomic E-state index is 5.85. The Morgan fingerprint density at radius 2 is 0.654 bits per heavy atom. The summed E-state index contributed by atoms with van der Waals surface area (Å²) in [6.45, 7) is 0. The summed E-state index contributed by atoms with van der Waals surface area (Å²) < 4.78 is 0. The van der Waals surface area contributed by atoms with E-state index in [0.717, 1.165) is 33.4 Å². The maximum absolute atomic E-state index is 5.85. The Hall–Kier alpha value is -2.68. The van der Waals surface area contributed by atoms with Gasteiger partial charge in [0.05, 0.1) is 0 Å². The highest BCUT2D eigenvalue weighted by molar-refractivity contribution is 6.29. The summed E-state index contributed by atoms with van der Waals surface area (Å²) in [4.78, 5) is 8.26. The van der Waals surface area contributed by atoms with Crippen LogP contribution in [-0.2, 0) is 0 Å². The highest BCUT2D eigenvalue weighted by Crippen LogP contribution is 2.27.